The van der Waals surface area contributed by atoms with Crippen LogP contribution in [0, 0.1) is 11.3 Å². The SMILES string of the molecule is C=C(C#N)/C=C\C(=C)c1nc(C(C)(C)O)n(C)c1Sc1ccc(Cl)cc1. The van der Waals surface area contributed by atoms with Gasteiger partial charge in [-0.2, -0.15) is 5.26 Å². The van der Waals surface area contributed by atoms with Crippen LogP contribution in [0.3, 0.4) is 0 Å². The lowest BCUT2D eigenvalue weighted by Gasteiger charge is -2.17. The van der Waals surface area contributed by atoms with E-state index in [0.29, 0.717) is 27.7 Å². The summed E-state index contributed by atoms with van der Waals surface area (Å²) < 4.78 is 1.85. The van der Waals surface area contributed by atoms with Gasteiger partial charge in [-0.25, -0.2) is 4.98 Å². The molecule has 0 unspecified atom stereocenters. The maximum atomic E-state index is 10.4. The lowest BCUT2D eigenvalue weighted by Crippen LogP contribution is -2.21. The molecule has 0 bridgehead atoms. The fraction of sp³-hybridized carbons (Fsp3) is 0.200. The standard InChI is InChI=1S/C20H20ClN3OS/c1-13(12-22)6-7-14(2)17-18(24(5)19(23-17)20(3,4)25)26-16-10-8-15(21)9-11-16/h6-11,25H,1-2H2,3-5H3/b7-6-. The van der Waals surface area contributed by atoms with Gasteiger partial charge in [-0.15, -0.1) is 0 Å². The lowest BCUT2D eigenvalue weighted by molar-refractivity contribution is 0.0652. The molecule has 6 heteroatoms. The van der Waals surface area contributed by atoms with E-state index >= 15 is 0 Å². The Labute approximate surface area is 163 Å². The van der Waals surface area contributed by atoms with Crippen LogP contribution >= 0.6 is 23.4 Å². The largest absolute Gasteiger partial charge is 0.383 e. The molecule has 4 nitrogen and oxygen atoms in total. The van der Waals surface area contributed by atoms with Crippen molar-refractivity contribution in [3.05, 3.63) is 71.7 Å². The third-order valence-electron chi connectivity index (χ3n) is 3.55. The van der Waals surface area contributed by atoms with Gasteiger partial charge in [0.1, 0.15) is 22.1 Å². The number of aromatic nitrogens is 2. The van der Waals surface area contributed by atoms with Gasteiger partial charge in [0.2, 0.25) is 0 Å². The molecule has 0 radical (unpaired) electrons. The van der Waals surface area contributed by atoms with Crippen LogP contribution in [-0.4, -0.2) is 14.7 Å². The van der Waals surface area contributed by atoms with Crippen LogP contribution in [0.2, 0.25) is 5.02 Å². The molecule has 1 aromatic carbocycles. The number of halogens is 1. The van der Waals surface area contributed by atoms with Crippen molar-refractivity contribution in [1.29, 1.82) is 5.26 Å². The first-order chi connectivity index (χ1) is 12.1. The summed E-state index contributed by atoms with van der Waals surface area (Å²) in [5.74, 6) is 0.526. The highest BCUT2D eigenvalue weighted by molar-refractivity contribution is 7.99. The second-order valence-corrected chi connectivity index (χ2v) is 7.76. The van der Waals surface area contributed by atoms with Crippen LogP contribution in [-0.2, 0) is 12.6 Å². The smallest absolute Gasteiger partial charge is 0.141 e. The van der Waals surface area contributed by atoms with E-state index in [-0.39, 0.29) is 0 Å². The Morgan fingerprint density at radius 2 is 1.92 bits per heavy atom. The first-order valence-corrected chi connectivity index (χ1v) is 9.02. The van der Waals surface area contributed by atoms with Crippen molar-refractivity contribution in [2.24, 2.45) is 7.05 Å². The maximum absolute atomic E-state index is 10.4. The zero-order valence-corrected chi connectivity index (χ0v) is 16.5. The minimum absolute atomic E-state index is 0.330. The van der Waals surface area contributed by atoms with Crippen LogP contribution in [0.4, 0.5) is 0 Å². The Bertz CT molecular complexity index is 912. The summed E-state index contributed by atoms with van der Waals surface area (Å²) in [5.41, 5.74) is 0.495. The van der Waals surface area contributed by atoms with Crippen molar-refractivity contribution in [2.45, 2.75) is 29.4 Å². The predicted molar refractivity (Wildman–Crippen MR) is 107 cm³/mol. The summed E-state index contributed by atoms with van der Waals surface area (Å²) in [6.45, 7) is 11.1. The monoisotopic (exact) mass is 385 g/mol. The van der Waals surface area contributed by atoms with Crippen LogP contribution in [0.15, 0.2) is 65.1 Å². The molecule has 134 valence electrons. The van der Waals surface area contributed by atoms with Crippen molar-refractivity contribution in [3.63, 3.8) is 0 Å². The van der Waals surface area contributed by atoms with E-state index in [0.717, 1.165) is 9.92 Å². The summed E-state index contributed by atoms with van der Waals surface area (Å²) in [6, 6.07) is 9.45. The Kier molecular flexibility index (Phi) is 6.14. The zero-order valence-electron chi connectivity index (χ0n) is 15.0. The molecule has 0 aliphatic carbocycles. The summed E-state index contributed by atoms with van der Waals surface area (Å²) in [7, 11) is 1.85. The number of allylic oxidation sites excluding steroid dienone is 4. The summed E-state index contributed by atoms with van der Waals surface area (Å²) >= 11 is 7.46. The molecular weight excluding hydrogens is 366 g/mol. The molecule has 0 saturated carbocycles. The Morgan fingerprint density at radius 3 is 2.46 bits per heavy atom. The van der Waals surface area contributed by atoms with Crippen molar-refractivity contribution in [2.75, 3.05) is 0 Å². The summed E-state index contributed by atoms with van der Waals surface area (Å²) in [4.78, 5) is 5.59. The van der Waals surface area contributed by atoms with E-state index in [4.69, 9.17) is 16.9 Å². The molecule has 2 aromatic rings. The predicted octanol–water partition coefficient (Wildman–Crippen LogP) is 5.10. The molecule has 1 heterocycles. The van der Waals surface area contributed by atoms with E-state index in [9.17, 15) is 5.11 Å². The minimum atomic E-state index is -1.11. The average Bonchev–Trinajstić information content (AvgIpc) is 2.91. The Balaban J connectivity index is 2.50. The molecule has 2 rings (SSSR count). The highest BCUT2D eigenvalue weighted by Crippen LogP contribution is 2.36. The van der Waals surface area contributed by atoms with Gasteiger partial charge in [0.25, 0.3) is 0 Å². The zero-order chi connectivity index (χ0) is 19.5. The number of hydrogen-bond acceptors (Lipinski definition) is 4. The highest BCUT2D eigenvalue weighted by Gasteiger charge is 2.27. The fourth-order valence-electron chi connectivity index (χ4n) is 2.29. The first kappa shape index (κ1) is 20.1. The number of hydrogen-bond donors (Lipinski definition) is 1. The number of nitrogens with zero attached hydrogens (tertiary/aromatic N) is 3. The van der Waals surface area contributed by atoms with Crippen LogP contribution in [0.1, 0.15) is 25.4 Å². The second kappa shape index (κ2) is 7.96. The second-order valence-electron chi connectivity index (χ2n) is 6.26. The molecule has 0 saturated heterocycles. The molecule has 0 atom stereocenters. The third kappa shape index (κ3) is 4.67. The van der Waals surface area contributed by atoms with Gasteiger partial charge < -0.3 is 9.67 Å². The van der Waals surface area contributed by atoms with E-state index in [1.165, 1.54) is 11.8 Å². The van der Waals surface area contributed by atoms with Crippen molar-refractivity contribution < 1.29 is 5.11 Å². The van der Waals surface area contributed by atoms with E-state index in [1.807, 2.05) is 41.9 Å². The van der Waals surface area contributed by atoms with Gasteiger partial charge in [0.05, 0.1) is 6.07 Å². The van der Waals surface area contributed by atoms with Crippen LogP contribution in [0.25, 0.3) is 5.57 Å². The Morgan fingerprint density at radius 1 is 1.31 bits per heavy atom. The normalized spacial score (nSPS) is 11.5. The number of aliphatic hydroxyl groups is 1. The topological polar surface area (TPSA) is 61.8 Å². The molecule has 0 amide bonds. The Hall–Kier alpha value is -2.26. The van der Waals surface area contributed by atoms with Crippen LogP contribution < -0.4 is 0 Å². The quantitative estimate of drug-likeness (QED) is 0.555. The molecule has 26 heavy (non-hydrogen) atoms. The third-order valence-corrected chi connectivity index (χ3v) is 4.97. The molecule has 0 fully saturated rings. The number of nitriles is 1. The number of imidazole rings is 1. The van der Waals surface area contributed by atoms with E-state index < -0.39 is 5.60 Å². The summed E-state index contributed by atoms with van der Waals surface area (Å²) in [5, 5.41) is 20.8. The molecule has 0 aliphatic rings. The molecule has 1 N–H and O–H groups in total. The summed E-state index contributed by atoms with van der Waals surface area (Å²) in [6.07, 6.45) is 3.30. The van der Waals surface area contributed by atoms with Gasteiger partial charge in [0.15, 0.2) is 0 Å². The number of benzene rings is 1. The first-order valence-electron chi connectivity index (χ1n) is 7.83. The fourth-order valence-corrected chi connectivity index (χ4v) is 3.41. The molecule has 0 spiro atoms. The molecule has 0 aliphatic heterocycles. The van der Waals surface area contributed by atoms with Gasteiger partial charge in [-0.3, -0.25) is 0 Å². The van der Waals surface area contributed by atoms with Crippen molar-refractivity contribution in [3.8, 4) is 6.07 Å². The van der Waals surface area contributed by atoms with Crippen molar-refractivity contribution >= 4 is 28.9 Å². The van der Waals surface area contributed by atoms with Gasteiger partial charge in [-0.1, -0.05) is 42.6 Å². The van der Waals surface area contributed by atoms with E-state index in [1.54, 1.807) is 26.0 Å². The highest BCUT2D eigenvalue weighted by atomic mass is 35.5. The average molecular weight is 386 g/mol. The van der Waals surface area contributed by atoms with E-state index in [2.05, 4.69) is 18.1 Å². The van der Waals surface area contributed by atoms with Crippen LogP contribution in [0.5, 0.6) is 0 Å². The van der Waals surface area contributed by atoms with Gasteiger partial charge in [0, 0.05) is 22.5 Å². The van der Waals surface area contributed by atoms with Crippen molar-refractivity contribution in [1.82, 2.24) is 9.55 Å². The van der Waals surface area contributed by atoms with Gasteiger partial charge in [-0.05, 0) is 49.8 Å². The maximum Gasteiger partial charge on any atom is 0.141 e. The lowest BCUT2D eigenvalue weighted by atomic mass is 10.1. The minimum Gasteiger partial charge on any atom is -0.383 e. The molecule has 1 aromatic heterocycles. The molecular formula is C20H20ClN3OS. The number of rotatable bonds is 6. The van der Waals surface area contributed by atoms with Gasteiger partial charge >= 0.3 is 0 Å².